The summed E-state index contributed by atoms with van der Waals surface area (Å²) >= 11 is 0. The van der Waals surface area contributed by atoms with Crippen LogP contribution in [0.1, 0.15) is 24.0 Å². The fraction of sp³-hybridized carbons (Fsp3) is 0.500. The maximum atomic E-state index is 5.77. The van der Waals surface area contributed by atoms with Gasteiger partial charge in [-0.05, 0) is 42.0 Å². The molecular formula is C12H16N2. The topological polar surface area (TPSA) is 29.3 Å². The zero-order chi connectivity index (χ0) is 9.54. The molecule has 2 N–H and O–H groups in total. The first-order valence-corrected chi connectivity index (χ1v) is 5.41. The predicted octanol–water partition coefficient (Wildman–Crippen LogP) is 1.99. The van der Waals surface area contributed by atoms with Gasteiger partial charge in [0.25, 0.3) is 0 Å². The molecule has 74 valence electrons. The second-order valence-electron chi connectivity index (χ2n) is 4.64. The summed E-state index contributed by atoms with van der Waals surface area (Å²) in [5, 5.41) is 0. The average molecular weight is 188 g/mol. The van der Waals surface area contributed by atoms with Crippen molar-refractivity contribution >= 4 is 5.69 Å². The van der Waals surface area contributed by atoms with E-state index in [9.17, 15) is 0 Å². The third kappa shape index (κ3) is 1.50. The van der Waals surface area contributed by atoms with Gasteiger partial charge in [-0.15, -0.1) is 0 Å². The summed E-state index contributed by atoms with van der Waals surface area (Å²) < 4.78 is 0. The SMILES string of the molecule is Nc1ccc2c(c1)CN(CC1CC1)C2. The summed E-state index contributed by atoms with van der Waals surface area (Å²) in [6, 6.07) is 6.32. The number of nitrogens with zero attached hydrogens (tertiary/aromatic N) is 1. The third-order valence-corrected chi connectivity index (χ3v) is 3.23. The molecule has 0 saturated heterocycles. The first-order chi connectivity index (χ1) is 6.81. The van der Waals surface area contributed by atoms with E-state index in [0.29, 0.717) is 0 Å². The van der Waals surface area contributed by atoms with Crippen LogP contribution in [0.2, 0.25) is 0 Å². The minimum atomic E-state index is 0.900. The maximum absolute atomic E-state index is 5.77. The number of fused-ring (bicyclic) bond motifs is 1. The number of hydrogen-bond acceptors (Lipinski definition) is 2. The molecule has 2 nitrogen and oxygen atoms in total. The summed E-state index contributed by atoms with van der Waals surface area (Å²) in [5.74, 6) is 0.988. The van der Waals surface area contributed by atoms with E-state index in [2.05, 4.69) is 17.0 Å². The van der Waals surface area contributed by atoms with Crippen LogP contribution in [0, 0.1) is 5.92 Å². The number of hydrogen-bond donors (Lipinski definition) is 1. The van der Waals surface area contributed by atoms with Crippen molar-refractivity contribution in [2.75, 3.05) is 12.3 Å². The Morgan fingerprint density at radius 1 is 1.21 bits per heavy atom. The molecule has 2 aliphatic rings. The van der Waals surface area contributed by atoms with Crippen molar-refractivity contribution in [1.29, 1.82) is 0 Å². The summed E-state index contributed by atoms with van der Waals surface area (Å²) in [6.45, 7) is 3.53. The van der Waals surface area contributed by atoms with Crippen LogP contribution >= 0.6 is 0 Å². The van der Waals surface area contributed by atoms with Crippen molar-refractivity contribution < 1.29 is 0 Å². The molecule has 0 bridgehead atoms. The van der Waals surface area contributed by atoms with Crippen LogP contribution in [-0.4, -0.2) is 11.4 Å². The zero-order valence-electron chi connectivity index (χ0n) is 8.37. The lowest BCUT2D eigenvalue weighted by atomic mass is 10.1. The van der Waals surface area contributed by atoms with Gasteiger partial charge in [-0.2, -0.15) is 0 Å². The molecule has 1 aliphatic heterocycles. The van der Waals surface area contributed by atoms with E-state index in [4.69, 9.17) is 5.73 Å². The number of rotatable bonds is 2. The van der Waals surface area contributed by atoms with Gasteiger partial charge in [0, 0.05) is 25.3 Å². The minimum absolute atomic E-state index is 0.900. The van der Waals surface area contributed by atoms with E-state index in [0.717, 1.165) is 24.7 Å². The van der Waals surface area contributed by atoms with Crippen LogP contribution in [0.4, 0.5) is 5.69 Å². The molecule has 1 fully saturated rings. The molecule has 0 spiro atoms. The van der Waals surface area contributed by atoms with Crippen LogP contribution < -0.4 is 5.73 Å². The van der Waals surface area contributed by atoms with Gasteiger partial charge in [-0.25, -0.2) is 0 Å². The highest BCUT2D eigenvalue weighted by Crippen LogP contribution is 2.33. The molecule has 1 aromatic carbocycles. The molecule has 0 unspecified atom stereocenters. The lowest BCUT2D eigenvalue weighted by Gasteiger charge is -2.13. The van der Waals surface area contributed by atoms with E-state index >= 15 is 0 Å². The highest BCUT2D eigenvalue weighted by Gasteiger charge is 2.27. The highest BCUT2D eigenvalue weighted by molar-refractivity contribution is 5.46. The number of anilines is 1. The lowest BCUT2D eigenvalue weighted by molar-refractivity contribution is 0.272. The van der Waals surface area contributed by atoms with Gasteiger partial charge in [0.15, 0.2) is 0 Å². The average Bonchev–Trinajstić information content (AvgIpc) is 2.84. The van der Waals surface area contributed by atoms with Gasteiger partial charge in [0.1, 0.15) is 0 Å². The summed E-state index contributed by atoms with van der Waals surface area (Å²) in [5.41, 5.74) is 9.58. The van der Waals surface area contributed by atoms with E-state index in [-0.39, 0.29) is 0 Å². The van der Waals surface area contributed by atoms with Crippen LogP contribution in [-0.2, 0) is 13.1 Å². The fourth-order valence-corrected chi connectivity index (χ4v) is 2.28. The van der Waals surface area contributed by atoms with Crippen LogP contribution in [0.25, 0.3) is 0 Å². The number of nitrogens with two attached hydrogens (primary N) is 1. The molecule has 0 amide bonds. The van der Waals surface area contributed by atoms with Crippen molar-refractivity contribution in [3.05, 3.63) is 29.3 Å². The van der Waals surface area contributed by atoms with Gasteiger partial charge in [0.05, 0.1) is 0 Å². The van der Waals surface area contributed by atoms with Crippen LogP contribution in [0.15, 0.2) is 18.2 Å². The lowest BCUT2D eigenvalue weighted by Crippen LogP contribution is -2.18. The quantitative estimate of drug-likeness (QED) is 0.719. The minimum Gasteiger partial charge on any atom is -0.399 e. The van der Waals surface area contributed by atoms with Gasteiger partial charge >= 0.3 is 0 Å². The summed E-state index contributed by atoms with van der Waals surface area (Å²) in [6.07, 6.45) is 2.88. The summed E-state index contributed by atoms with van der Waals surface area (Å²) in [4.78, 5) is 2.54. The molecular weight excluding hydrogens is 172 g/mol. The van der Waals surface area contributed by atoms with Crippen molar-refractivity contribution in [3.8, 4) is 0 Å². The Morgan fingerprint density at radius 3 is 2.79 bits per heavy atom. The second-order valence-corrected chi connectivity index (χ2v) is 4.64. The molecule has 1 aromatic rings. The molecule has 1 heterocycles. The van der Waals surface area contributed by atoms with Gasteiger partial charge in [-0.3, -0.25) is 4.90 Å². The smallest absolute Gasteiger partial charge is 0.0317 e. The van der Waals surface area contributed by atoms with Crippen molar-refractivity contribution in [3.63, 3.8) is 0 Å². The Bertz CT molecular complexity index is 355. The molecule has 2 heteroatoms. The normalized spacial score (nSPS) is 21.1. The van der Waals surface area contributed by atoms with E-state index in [1.54, 1.807) is 0 Å². The number of nitrogen functional groups attached to an aromatic ring is 1. The van der Waals surface area contributed by atoms with Crippen molar-refractivity contribution in [1.82, 2.24) is 4.90 Å². The number of benzene rings is 1. The van der Waals surface area contributed by atoms with Crippen LogP contribution in [0.3, 0.4) is 0 Å². The Kier molecular flexibility index (Phi) is 1.77. The maximum Gasteiger partial charge on any atom is 0.0317 e. The van der Waals surface area contributed by atoms with E-state index < -0.39 is 0 Å². The molecule has 3 rings (SSSR count). The molecule has 0 aromatic heterocycles. The first-order valence-electron chi connectivity index (χ1n) is 5.41. The Balaban J connectivity index is 1.75. The fourth-order valence-electron chi connectivity index (χ4n) is 2.28. The highest BCUT2D eigenvalue weighted by atomic mass is 15.1. The van der Waals surface area contributed by atoms with E-state index in [1.165, 1.54) is 30.5 Å². The zero-order valence-corrected chi connectivity index (χ0v) is 8.37. The van der Waals surface area contributed by atoms with Crippen LogP contribution in [0.5, 0.6) is 0 Å². The molecule has 14 heavy (non-hydrogen) atoms. The molecule has 0 atom stereocenters. The monoisotopic (exact) mass is 188 g/mol. The van der Waals surface area contributed by atoms with Gasteiger partial charge in [0.2, 0.25) is 0 Å². The second kappa shape index (κ2) is 2.99. The van der Waals surface area contributed by atoms with Gasteiger partial charge < -0.3 is 5.73 Å². The summed E-state index contributed by atoms with van der Waals surface area (Å²) in [7, 11) is 0. The standard InChI is InChI=1S/C12H16N2/c13-12-4-3-10-7-14(6-9-1-2-9)8-11(10)5-12/h3-5,9H,1-2,6-8,13H2. The third-order valence-electron chi connectivity index (χ3n) is 3.23. The molecule has 0 radical (unpaired) electrons. The van der Waals surface area contributed by atoms with Gasteiger partial charge in [-0.1, -0.05) is 6.07 Å². The van der Waals surface area contributed by atoms with Crippen molar-refractivity contribution in [2.45, 2.75) is 25.9 Å². The largest absolute Gasteiger partial charge is 0.399 e. The Labute approximate surface area is 84.7 Å². The first kappa shape index (κ1) is 8.30. The Hall–Kier alpha value is -1.02. The Morgan fingerprint density at radius 2 is 2.00 bits per heavy atom. The predicted molar refractivity (Wildman–Crippen MR) is 57.7 cm³/mol. The molecule has 1 aliphatic carbocycles. The molecule has 1 saturated carbocycles. The van der Waals surface area contributed by atoms with Crippen molar-refractivity contribution in [2.24, 2.45) is 5.92 Å². The van der Waals surface area contributed by atoms with E-state index in [1.807, 2.05) is 6.07 Å².